The van der Waals surface area contributed by atoms with E-state index in [1.54, 1.807) is 40.8 Å². The molecule has 2 aliphatic heterocycles. The number of nitrogens with zero attached hydrogens (tertiary/aromatic N) is 4. The molecule has 0 saturated carbocycles. The van der Waals surface area contributed by atoms with E-state index in [0.29, 0.717) is 42.1 Å². The molecule has 3 aromatic carbocycles. The molecule has 1 saturated heterocycles. The Hall–Kier alpha value is -4.61. The van der Waals surface area contributed by atoms with Gasteiger partial charge in [0.05, 0.1) is 16.8 Å². The van der Waals surface area contributed by atoms with Crippen molar-refractivity contribution in [3.8, 4) is 11.4 Å². The SMILES string of the molecule is Cc1c(C(=O)Nc2ccccc2)ccn1-c1ccc(OC(F)(F)F)cc1C(=O)N1Cc2ccccc2C[C@H]1CN1CCN(C)CC1. The lowest BCUT2D eigenvalue weighted by Gasteiger charge is -2.41. The first kappa shape index (κ1) is 31.4. The predicted molar refractivity (Wildman–Crippen MR) is 169 cm³/mol. The highest BCUT2D eigenvalue weighted by Gasteiger charge is 2.35. The highest BCUT2D eigenvalue weighted by Crippen LogP contribution is 2.32. The molecule has 1 N–H and O–H groups in total. The van der Waals surface area contributed by atoms with Crippen LogP contribution in [0.3, 0.4) is 0 Å². The third-order valence-corrected chi connectivity index (χ3v) is 8.79. The Morgan fingerprint density at radius 2 is 1.59 bits per heavy atom. The summed E-state index contributed by atoms with van der Waals surface area (Å²) in [6, 6.07) is 22.2. The van der Waals surface area contributed by atoms with Crippen molar-refractivity contribution in [1.82, 2.24) is 19.3 Å². The van der Waals surface area contributed by atoms with Crippen molar-refractivity contribution in [3.05, 3.63) is 113 Å². The van der Waals surface area contributed by atoms with E-state index in [4.69, 9.17) is 0 Å². The Labute approximate surface area is 266 Å². The summed E-state index contributed by atoms with van der Waals surface area (Å²) in [4.78, 5) is 34.1. The number of benzene rings is 3. The molecular formula is C35H36F3N5O3. The summed E-state index contributed by atoms with van der Waals surface area (Å²) in [5.74, 6) is -1.23. The third kappa shape index (κ3) is 6.95. The van der Waals surface area contributed by atoms with Crippen LogP contribution in [-0.2, 0) is 13.0 Å². The quantitative estimate of drug-likeness (QED) is 0.281. The van der Waals surface area contributed by atoms with Crippen LogP contribution in [0.4, 0.5) is 18.9 Å². The van der Waals surface area contributed by atoms with Crippen LogP contribution in [0.1, 0.15) is 37.5 Å². The van der Waals surface area contributed by atoms with Crippen molar-refractivity contribution in [2.45, 2.75) is 32.3 Å². The summed E-state index contributed by atoms with van der Waals surface area (Å²) in [5, 5.41) is 2.86. The summed E-state index contributed by atoms with van der Waals surface area (Å²) in [7, 11) is 2.08. The number of fused-ring (bicyclic) bond motifs is 1. The van der Waals surface area contributed by atoms with Gasteiger partial charge in [0.25, 0.3) is 11.8 Å². The van der Waals surface area contributed by atoms with Gasteiger partial charge in [0.15, 0.2) is 0 Å². The molecule has 0 radical (unpaired) electrons. The molecule has 11 heteroatoms. The van der Waals surface area contributed by atoms with Gasteiger partial charge in [0.1, 0.15) is 5.75 Å². The molecule has 0 aliphatic carbocycles. The van der Waals surface area contributed by atoms with E-state index < -0.39 is 18.0 Å². The van der Waals surface area contributed by atoms with E-state index in [9.17, 15) is 22.8 Å². The first-order valence-electron chi connectivity index (χ1n) is 15.3. The Balaban J connectivity index is 1.37. The predicted octanol–water partition coefficient (Wildman–Crippen LogP) is 5.75. The molecule has 2 aliphatic rings. The molecular weight excluding hydrogens is 595 g/mol. The molecule has 1 atom stereocenters. The van der Waals surface area contributed by atoms with Gasteiger partial charge in [-0.1, -0.05) is 42.5 Å². The maximum Gasteiger partial charge on any atom is 0.573 e. The molecule has 2 amide bonds. The van der Waals surface area contributed by atoms with Crippen LogP contribution >= 0.6 is 0 Å². The zero-order chi connectivity index (χ0) is 32.4. The zero-order valence-electron chi connectivity index (χ0n) is 25.8. The number of carbonyl (C=O) groups excluding carboxylic acids is 2. The minimum atomic E-state index is -4.93. The molecule has 240 valence electrons. The van der Waals surface area contributed by atoms with Gasteiger partial charge in [0.2, 0.25) is 0 Å². The Bertz CT molecular complexity index is 1710. The number of hydrogen-bond donors (Lipinski definition) is 1. The molecule has 0 spiro atoms. The minimum absolute atomic E-state index is 0.0539. The number of alkyl halides is 3. The number of ether oxygens (including phenoxy) is 1. The van der Waals surface area contributed by atoms with Gasteiger partial charge < -0.3 is 24.4 Å². The molecule has 8 nitrogen and oxygen atoms in total. The number of piperazine rings is 1. The Morgan fingerprint density at radius 1 is 0.891 bits per heavy atom. The molecule has 6 rings (SSSR count). The largest absolute Gasteiger partial charge is 0.573 e. The normalized spacial score (nSPS) is 17.4. The lowest BCUT2D eigenvalue weighted by atomic mass is 9.92. The van der Waals surface area contributed by atoms with Crippen LogP contribution in [0, 0.1) is 6.92 Å². The maximum absolute atomic E-state index is 14.6. The van der Waals surface area contributed by atoms with Crippen LogP contribution in [0.25, 0.3) is 5.69 Å². The van der Waals surface area contributed by atoms with Crippen molar-refractivity contribution in [1.29, 1.82) is 0 Å². The van der Waals surface area contributed by atoms with Crippen molar-refractivity contribution >= 4 is 17.5 Å². The van der Waals surface area contributed by atoms with Crippen LogP contribution in [0.2, 0.25) is 0 Å². The topological polar surface area (TPSA) is 70.0 Å². The van der Waals surface area contributed by atoms with E-state index in [-0.39, 0.29) is 17.5 Å². The number of amides is 2. The second kappa shape index (κ2) is 13.0. The number of hydrogen-bond acceptors (Lipinski definition) is 5. The van der Waals surface area contributed by atoms with Gasteiger partial charge in [-0.3, -0.25) is 14.5 Å². The number of carbonyl (C=O) groups is 2. The van der Waals surface area contributed by atoms with Gasteiger partial charge in [-0.2, -0.15) is 0 Å². The number of para-hydroxylation sites is 1. The van der Waals surface area contributed by atoms with Crippen molar-refractivity contribution in [3.63, 3.8) is 0 Å². The summed E-state index contributed by atoms with van der Waals surface area (Å²) in [5.41, 5.74) is 4.11. The number of aromatic nitrogens is 1. The first-order chi connectivity index (χ1) is 22.1. The average molecular weight is 632 g/mol. The number of anilines is 1. The second-order valence-electron chi connectivity index (χ2n) is 11.9. The monoisotopic (exact) mass is 631 g/mol. The molecule has 4 aromatic rings. The fourth-order valence-electron chi connectivity index (χ4n) is 6.30. The van der Waals surface area contributed by atoms with Crippen molar-refractivity contribution in [2.75, 3.05) is 45.1 Å². The standard InChI is InChI=1S/C35H36F3N5O3/c1-24-30(33(44)39-27-10-4-3-5-11-27)14-15-42(24)32-13-12-29(46-35(36,37)38)21-31(32)34(45)43-22-26-9-7-6-8-25(26)20-28(43)23-41-18-16-40(2)17-19-41/h3-15,21,28H,16-20,22-23H2,1-2H3,(H,39,44)/t28-/m0/s1. The minimum Gasteiger partial charge on any atom is -0.406 e. The Kier molecular flexibility index (Phi) is 8.88. The molecule has 3 heterocycles. The van der Waals surface area contributed by atoms with Gasteiger partial charge in [-0.25, -0.2) is 0 Å². The highest BCUT2D eigenvalue weighted by molar-refractivity contribution is 6.05. The molecule has 1 aromatic heterocycles. The molecule has 0 bridgehead atoms. The fourth-order valence-corrected chi connectivity index (χ4v) is 6.30. The van der Waals surface area contributed by atoms with E-state index >= 15 is 0 Å². The van der Waals surface area contributed by atoms with Crippen molar-refractivity contribution in [2.24, 2.45) is 0 Å². The maximum atomic E-state index is 14.6. The second-order valence-corrected chi connectivity index (χ2v) is 11.9. The van der Waals surface area contributed by atoms with Crippen molar-refractivity contribution < 1.29 is 27.5 Å². The van der Waals surface area contributed by atoms with E-state index in [0.717, 1.165) is 43.4 Å². The molecule has 1 fully saturated rings. The average Bonchev–Trinajstić information content (AvgIpc) is 3.42. The first-order valence-corrected chi connectivity index (χ1v) is 15.3. The fraction of sp³-hybridized carbons (Fsp3) is 0.314. The molecule has 0 unspecified atom stereocenters. The smallest absolute Gasteiger partial charge is 0.406 e. The lowest BCUT2D eigenvalue weighted by Crippen LogP contribution is -2.53. The van der Waals surface area contributed by atoms with E-state index in [2.05, 4.69) is 33.0 Å². The van der Waals surface area contributed by atoms with Crippen LogP contribution in [0.5, 0.6) is 5.75 Å². The Morgan fingerprint density at radius 3 is 2.30 bits per heavy atom. The van der Waals surface area contributed by atoms with E-state index in [1.807, 2.05) is 36.4 Å². The lowest BCUT2D eigenvalue weighted by molar-refractivity contribution is -0.274. The van der Waals surface area contributed by atoms with E-state index in [1.165, 1.54) is 12.1 Å². The number of rotatable bonds is 7. The van der Waals surface area contributed by atoms with Gasteiger partial charge in [0, 0.05) is 62.9 Å². The van der Waals surface area contributed by atoms with Crippen LogP contribution in [-0.4, -0.2) is 83.3 Å². The zero-order valence-corrected chi connectivity index (χ0v) is 25.8. The molecule has 46 heavy (non-hydrogen) atoms. The van der Waals surface area contributed by atoms with Gasteiger partial charge >= 0.3 is 6.36 Å². The van der Waals surface area contributed by atoms with Crippen LogP contribution < -0.4 is 10.1 Å². The highest BCUT2D eigenvalue weighted by atomic mass is 19.4. The van der Waals surface area contributed by atoms with Gasteiger partial charge in [-0.05, 0) is 67.9 Å². The summed E-state index contributed by atoms with van der Waals surface area (Å²) in [6.45, 7) is 6.29. The third-order valence-electron chi connectivity index (χ3n) is 8.79. The summed E-state index contributed by atoms with van der Waals surface area (Å²) >= 11 is 0. The number of likely N-dealkylation sites (N-methyl/N-ethyl adjacent to an activating group) is 1. The summed E-state index contributed by atoms with van der Waals surface area (Å²) < 4.78 is 45.9. The number of halogens is 3. The van der Waals surface area contributed by atoms with Gasteiger partial charge in [-0.15, -0.1) is 13.2 Å². The summed E-state index contributed by atoms with van der Waals surface area (Å²) in [6.07, 6.45) is -2.64. The number of nitrogens with one attached hydrogen (secondary N) is 1. The van der Waals surface area contributed by atoms with Crippen LogP contribution in [0.15, 0.2) is 85.1 Å².